The number of amides is 2. The van der Waals surface area contributed by atoms with Crippen molar-refractivity contribution >= 4 is 29.1 Å². The summed E-state index contributed by atoms with van der Waals surface area (Å²) in [5.74, 6) is 0.766. The molecule has 146 valence electrons. The number of hydrogen-bond acceptors (Lipinski definition) is 4. The number of hydrogen-bond donors (Lipinski definition) is 0. The van der Waals surface area contributed by atoms with E-state index in [2.05, 4.69) is 0 Å². The van der Waals surface area contributed by atoms with Crippen LogP contribution in [0.5, 0.6) is 0 Å². The average Bonchev–Trinajstić information content (AvgIpc) is 3.31. The molecule has 0 unspecified atom stereocenters. The highest BCUT2D eigenvalue weighted by atomic mass is 32.2. The predicted molar refractivity (Wildman–Crippen MR) is 115 cm³/mol. The highest BCUT2D eigenvalue weighted by molar-refractivity contribution is 8.03. The van der Waals surface area contributed by atoms with Gasteiger partial charge in [0.1, 0.15) is 5.76 Å². The molecule has 0 spiro atoms. The van der Waals surface area contributed by atoms with Gasteiger partial charge in [-0.25, -0.2) is 0 Å². The molecule has 0 N–H and O–H groups in total. The number of carbonyl (C=O) groups is 2. The molecule has 2 amide bonds. The Kier molecular flexibility index (Phi) is 5.41. The summed E-state index contributed by atoms with van der Waals surface area (Å²) in [6.45, 7) is 4.27. The standard InChI is InChI=1S/C24H21NO3S/c1-16-5-9-18(10-6-16)14-25-23(26)21(19-11-7-17(2)8-12-19)22(24(25)27)29-15-20-4-3-13-28-20/h3-13H,14-15H2,1-2H3. The minimum absolute atomic E-state index is 0.247. The van der Waals surface area contributed by atoms with Crippen molar-refractivity contribution in [1.82, 2.24) is 4.90 Å². The number of nitrogens with zero attached hydrogens (tertiary/aromatic N) is 1. The third-order valence-electron chi connectivity index (χ3n) is 4.87. The van der Waals surface area contributed by atoms with E-state index in [9.17, 15) is 9.59 Å². The summed E-state index contributed by atoms with van der Waals surface area (Å²) >= 11 is 1.35. The maximum absolute atomic E-state index is 13.3. The lowest BCUT2D eigenvalue weighted by Gasteiger charge is -2.15. The zero-order chi connectivity index (χ0) is 20.4. The van der Waals surface area contributed by atoms with E-state index in [1.807, 2.05) is 74.5 Å². The average molecular weight is 404 g/mol. The maximum atomic E-state index is 13.3. The van der Waals surface area contributed by atoms with Crippen molar-refractivity contribution in [2.24, 2.45) is 0 Å². The van der Waals surface area contributed by atoms with Gasteiger partial charge >= 0.3 is 0 Å². The first kappa shape index (κ1) is 19.3. The number of imide groups is 1. The first-order valence-corrected chi connectivity index (χ1v) is 10.4. The summed E-state index contributed by atoms with van der Waals surface area (Å²) in [6.07, 6.45) is 1.61. The molecule has 1 aliphatic heterocycles. The van der Waals surface area contributed by atoms with Gasteiger partial charge in [-0.1, -0.05) is 59.7 Å². The predicted octanol–water partition coefficient (Wildman–Crippen LogP) is 5.11. The van der Waals surface area contributed by atoms with Crippen LogP contribution in [0.3, 0.4) is 0 Å². The van der Waals surface area contributed by atoms with Gasteiger partial charge in [-0.05, 0) is 37.1 Å². The Balaban J connectivity index is 1.66. The van der Waals surface area contributed by atoms with Crippen molar-refractivity contribution in [3.63, 3.8) is 0 Å². The molecule has 29 heavy (non-hydrogen) atoms. The van der Waals surface area contributed by atoms with E-state index in [0.717, 1.165) is 28.0 Å². The van der Waals surface area contributed by atoms with Gasteiger partial charge in [-0.2, -0.15) is 0 Å². The van der Waals surface area contributed by atoms with Crippen LogP contribution in [0, 0.1) is 13.8 Å². The Morgan fingerprint density at radius 3 is 2.14 bits per heavy atom. The lowest BCUT2D eigenvalue weighted by atomic mass is 10.0. The first-order chi connectivity index (χ1) is 14.0. The van der Waals surface area contributed by atoms with Crippen molar-refractivity contribution in [3.05, 3.63) is 99.8 Å². The second-order valence-corrected chi connectivity index (χ2v) is 8.11. The molecule has 0 saturated heterocycles. The molecule has 0 bridgehead atoms. The number of carbonyl (C=O) groups excluding carboxylic acids is 2. The van der Waals surface area contributed by atoms with Gasteiger partial charge in [-0.15, -0.1) is 11.8 Å². The Bertz CT molecular complexity index is 1060. The minimum Gasteiger partial charge on any atom is -0.468 e. The molecule has 0 saturated carbocycles. The summed E-state index contributed by atoms with van der Waals surface area (Å²) in [6, 6.07) is 19.3. The van der Waals surface area contributed by atoms with Crippen LogP contribution in [0.25, 0.3) is 5.57 Å². The van der Waals surface area contributed by atoms with Crippen molar-refractivity contribution in [3.8, 4) is 0 Å². The van der Waals surface area contributed by atoms with Gasteiger partial charge in [0.05, 0.1) is 29.0 Å². The zero-order valence-electron chi connectivity index (χ0n) is 16.3. The molecule has 0 atom stereocenters. The lowest BCUT2D eigenvalue weighted by Crippen LogP contribution is -2.30. The molecule has 0 radical (unpaired) electrons. The van der Waals surface area contributed by atoms with E-state index in [4.69, 9.17) is 4.42 Å². The SMILES string of the molecule is Cc1ccc(CN2C(=O)C(SCc3ccco3)=C(c3ccc(C)cc3)C2=O)cc1. The van der Waals surface area contributed by atoms with E-state index < -0.39 is 0 Å². The molecule has 2 aromatic carbocycles. The summed E-state index contributed by atoms with van der Waals surface area (Å²) in [4.78, 5) is 28.3. The van der Waals surface area contributed by atoms with Crippen LogP contribution in [0.2, 0.25) is 0 Å². The molecular weight excluding hydrogens is 382 g/mol. The second-order valence-electron chi connectivity index (χ2n) is 7.12. The highest BCUT2D eigenvalue weighted by Crippen LogP contribution is 2.38. The van der Waals surface area contributed by atoms with E-state index in [0.29, 0.717) is 16.2 Å². The Hall–Kier alpha value is -3.05. The van der Waals surface area contributed by atoms with E-state index in [-0.39, 0.29) is 18.4 Å². The van der Waals surface area contributed by atoms with Gasteiger partial charge in [0.2, 0.25) is 0 Å². The van der Waals surface area contributed by atoms with Crippen molar-refractivity contribution in [2.45, 2.75) is 26.1 Å². The van der Waals surface area contributed by atoms with E-state index in [1.165, 1.54) is 16.7 Å². The quantitative estimate of drug-likeness (QED) is 0.537. The molecule has 2 heterocycles. The molecule has 1 aliphatic rings. The van der Waals surface area contributed by atoms with Gasteiger partial charge in [-0.3, -0.25) is 14.5 Å². The fourth-order valence-electron chi connectivity index (χ4n) is 3.22. The molecule has 0 aliphatic carbocycles. The van der Waals surface area contributed by atoms with Crippen LogP contribution in [-0.4, -0.2) is 16.7 Å². The maximum Gasteiger partial charge on any atom is 0.268 e. The Morgan fingerprint density at radius 1 is 0.862 bits per heavy atom. The Labute approximate surface area is 174 Å². The van der Waals surface area contributed by atoms with Crippen LogP contribution in [-0.2, 0) is 21.9 Å². The third-order valence-corrected chi connectivity index (χ3v) is 5.96. The van der Waals surface area contributed by atoms with Crippen LogP contribution >= 0.6 is 11.8 Å². The van der Waals surface area contributed by atoms with Crippen LogP contribution < -0.4 is 0 Å². The Morgan fingerprint density at radius 2 is 1.52 bits per heavy atom. The second kappa shape index (κ2) is 8.13. The minimum atomic E-state index is -0.249. The van der Waals surface area contributed by atoms with Crippen molar-refractivity contribution < 1.29 is 14.0 Å². The summed E-state index contributed by atoms with van der Waals surface area (Å²) in [5.41, 5.74) is 4.41. The van der Waals surface area contributed by atoms with Gasteiger partial charge in [0.15, 0.2) is 0 Å². The fourth-order valence-corrected chi connectivity index (χ4v) is 4.25. The van der Waals surface area contributed by atoms with E-state index >= 15 is 0 Å². The highest BCUT2D eigenvalue weighted by Gasteiger charge is 2.39. The summed E-state index contributed by atoms with van der Waals surface area (Å²) < 4.78 is 5.39. The number of rotatable bonds is 6. The smallest absolute Gasteiger partial charge is 0.268 e. The van der Waals surface area contributed by atoms with Crippen LogP contribution in [0.1, 0.15) is 28.0 Å². The van der Waals surface area contributed by atoms with Crippen LogP contribution in [0.15, 0.2) is 76.2 Å². The normalized spacial score (nSPS) is 14.2. The monoisotopic (exact) mass is 403 g/mol. The molecule has 0 fully saturated rings. The van der Waals surface area contributed by atoms with Gasteiger partial charge < -0.3 is 4.42 Å². The number of benzene rings is 2. The van der Waals surface area contributed by atoms with Gasteiger partial charge in [0.25, 0.3) is 11.8 Å². The zero-order valence-corrected chi connectivity index (χ0v) is 17.2. The summed E-state index contributed by atoms with van der Waals surface area (Å²) in [7, 11) is 0. The largest absolute Gasteiger partial charge is 0.468 e. The molecule has 5 heteroatoms. The van der Waals surface area contributed by atoms with Crippen LogP contribution in [0.4, 0.5) is 0 Å². The topological polar surface area (TPSA) is 50.5 Å². The number of aryl methyl sites for hydroxylation is 2. The molecular formula is C24H21NO3S. The number of furan rings is 1. The first-order valence-electron chi connectivity index (χ1n) is 9.41. The fraction of sp³-hybridized carbons (Fsp3) is 0.167. The third kappa shape index (κ3) is 4.05. The molecule has 4 nitrogen and oxygen atoms in total. The van der Waals surface area contributed by atoms with Gasteiger partial charge in [0, 0.05) is 0 Å². The van der Waals surface area contributed by atoms with Crippen molar-refractivity contribution in [2.75, 3.05) is 0 Å². The van der Waals surface area contributed by atoms with E-state index in [1.54, 1.807) is 6.26 Å². The van der Waals surface area contributed by atoms with Crippen molar-refractivity contribution in [1.29, 1.82) is 0 Å². The lowest BCUT2D eigenvalue weighted by molar-refractivity contribution is -0.137. The number of thioether (sulfide) groups is 1. The molecule has 4 rings (SSSR count). The molecule has 1 aromatic heterocycles. The summed E-state index contributed by atoms with van der Waals surface area (Å²) in [5, 5.41) is 0. The molecule has 3 aromatic rings.